The molecule has 1 rings (SSSR count). The summed E-state index contributed by atoms with van der Waals surface area (Å²) in [6.07, 6.45) is 1.60. The van der Waals surface area contributed by atoms with E-state index in [-0.39, 0.29) is 13.0 Å². The number of carbonyl (C=O) groups is 2. The minimum atomic E-state index is -1.10. The summed E-state index contributed by atoms with van der Waals surface area (Å²) in [6, 6.07) is -1.49. The van der Waals surface area contributed by atoms with Crippen LogP contribution in [0.3, 0.4) is 0 Å². The third-order valence-electron chi connectivity index (χ3n) is 2.37. The molecule has 2 amide bonds. The van der Waals surface area contributed by atoms with Gasteiger partial charge < -0.3 is 15.3 Å². The summed E-state index contributed by atoms with van der Waals surface area (Å²) in [4.78, 5) is 28.1. The minimum Gasteiger partial charge on any atom is -0.480 e. The normalized spacial score (nSPS) is 11.7. The predicted octanol–water partition coefficient (Wildman–Crippen LogP) is 0.284. The highest BCUT2D eigenvalue weighted by atomic mass is 16.4. The van der Waals surface area contributed by atoms with Gasteiger partial charge in [0, 0.05) is 7.05 Å². The van der Waals surface area contributed by atoms with Gasteiger partial charge in [-0.15, -0.1) is 6.58 Å². The molecule has 8 nitrogen and oxygen atoms in total. The molecule has 1 aromatic rings. The number of aliphatic carboxylic acids is 1. The maximum absolute atomic E-state index is 11.8. The minimum absolute atomic E-state index is 0.161. The summed E-state index contributed by atoms with van der Waals surface area (Å²) in [6.45, 7) is 5.40. The zero-order valence-corrected chi connectivity index (χ0v) is 10.9. The molecule has 8 heteroatoms. The lowest BCUT2D eigenvalue weighted by Gasteiger charge is -2.19. The standard InChI is InChI=1S/C11H17N5O3/c1-4-5-8(10(17)18)13-11(19)16(3)6-9-12-7(2)14-15-9/h4,8H,1,5-6H2,2-3H3,(H,13,19)(H,17,18)(H,12,14,15). The Balaban J connectivity index is 2.56. The summed E-state index contributed by atoms with van der Waals surface area (Å²) >= 11 is 0. The molecule has 0 aliphatic heterocycles. The van der Waals surface area contributed by atoms with Gasteiger partial charge in [0.2, 0.25) is 0 Å². The van der Waals surface area contributed by atoms with Gasteiger partial charge in [-0.2, -0.15) is 5.10 Å². The van der Waals surface area contributed by atoms with E-state index in [4.69, 9.17) is 5.11 Å². The summed E-state index contributed by atoms with van der Waals surface area (Å²) in [5.41, 5.74) is 0. The van der Waals surface area contributed by atoms with Gasteiger partial charge in [0.15, 0.2) is 5.82 Å². The average Bonchev–Trinajstić information content (AvgIpc) is 2.73. The van der Waals surface area contributed by atoms with Crippen LogP contribution in [0, 0.1) is 6.92 Å². The molecular formula is C11H17N5O3. The van der Waals surface area contributed by atoms with Crippen LogP contribution in [0.2, 0.25) is 0 Å². The van der Waals surface area contributed by atoms with Crippen LogP contribution in [0.4, 0.5) is 4.79 Å². The molecule has 0 radical (unpaired) electrons. The van der Waals surface area contributed by atoms with E-state index in [0.717, 1.165) is 0 Å². The molecule has 1 unspecified atom stereocenters. The second kappa shape index (κ2) is 6.53. The van der Waals surface area contributed by atoms with Gasteiger partial charge >= 0.3 is 12.0 Å². The molecule has 0 spiro atoms. The van der Waals surface area contributed by atoms with E-state index < -0.39 is 18.0 Å². The fourth-order valence-corrected chi connectivity index (χ4v) is 1.39. The molecule has 0 aliphatic rings. The Hall–Kier alpha value is -2.38. The molecular weight excluding hydrogens is 250 g/mol. The van der Waals surface area contributed by atoms with Crippen LogP contribution < -0.4 is 5.32 Å². The number of aromatic amines is 1. The molecule has 1 atom stereocenters. The van der Waals surface area contributed by atoms with Crippen molar-refractivity contribution in [3.05, 3.63) is 24.3 Å². The monoisotopic (exact) mass is 267 g/mol. The molecule has 0 aromatic carbocycles. The number of carbonyl (C=O) groups excluding carboxylic acids is 1. The number of carboxylic acids is 1. The molecule has 1 aromatic heterocycles. The Kier molecular flexibility index (Phi) is 5.04. The first-order chi connectivity index (χ1) is 8.93. The number of nitrogens with one attached hydrogen (secondary N) is 2. The maximum Gasteiger partial charge on any atom is 0.326 e. The van der Waals surface area contributed by atoms with Gasteiger partial charge in [-0.25, -0.2) is 14.6 Å². The first-order valence-corrected chi connectivity index (χ1v) is 5.67. The second-order valence-corrected chi connectivity index (χ2v) is 4.06. The van der Waals surface area contributed by atoms with E-state index in [1.165, 1.54) is 18.0 Å². The number of nitrogens with zero attached hydrogens (tertiary/aromatic N) is 3. The number of amides is 2. The highest BCUT2D eigenvalue weighted by molar-refractivity contribution is 5.82. The number of aromatic nitrogens is 3. The number of hydrogen-bond acceptors (Lipinski definition) is 4. The lowest BCUT2D eigenvalue weighted by molar-refractivity contribution is -0.139. The van der Waals surface area contributed by atoms with Gasteiger partial charge in [-0.05, 0) is 13.3 Å². The Labute approximate surface area is 110 Å². The molecule has 19 heavy (non-hydrogen) atoms. The predicted molar refractivity (Wildman–Crippen MR) is 67.4 cm³/mol. The zero-order valence-electron chi connectivity index (χ0n) is 10.9. The smallest absolute Gasteiger partial charge is 0.326 e. The topological polar surface area (TPSA) is 111 Å². The third-order valence-corrected chi connectivity index (χ3v) is 2.37. The number of carboxylic acid groups (broad SMARTS) is 1. The molecule has 0 fully saturated rings. The van der Waals surface area contributed by atoms with Crippen LogP contribution in [0.15, 0.2) is 12.7 Å². The summed E-state index contributed by atoms with van der Waals surface area (Å²) in [7, 11) is 1.54. The van der Waals surface area contributed by atoms with Crippen molar-refractivity contribution in [3.63, 3.8) is 0 Å². The van der Waals surface area contributed by atoms with E-state index in [1.54, 1.807) is 6.92 Å². The van der Waals surface area contributed by atoms with E-state index in [9.17, 15) is 9.59 Å². The Morgan fingerprint density at radius 3 is 2.79 bits per heavy atom. The Morgan fingerprint density at radius 2 is 2.32 bits per heavy atom. The lowest BCUT2D eigenvalue weighted by atomic mass is 10.2. The van der Waals surface area contributed by atoms with Gasteiger partial charge in [0.1, 0.15) is 11.9 Å². The maximum atomic E-state index is 11.8. The van der Waals surface area contributed by atoms with Crippen molar-refractivity contribution in [2.75, 3.05) is 7.05 Å². The largest absolute Gasteiger partial charge is 0.480 e. The molecule has 1 heterocycles. The van der Waals surface area contributed by atoms with Crippen molar-refractivity contribution in [1.82, 2.24) is 25.4 Å². The van der Waals surface area contributed by atoms with Gasteiger partial charge in [0.05, 0.1) is 6.54 Å². The molecule has 0 saturated carbocycles. The molecule has 0 aliphatic carbocycles. The summed E-state index contributed by atoms with van der Waals surface area (Å²) in [5.74, 6) is 0.0139. The van der Waals surface area contributed by atoms with E-state index in [0.29, 0.717) is 11.6 Å². The van der Waals surface area contributed by atoms with Gasteiger partial charge in [-0.3, -0.25) is 5.10 Å². The highest BCUT2D eigenvalue weighted by Gasteiger charge is 2.20. The molecule has 0 bridgehead atoms. The van der Waals surface area contributed by atoms with E-state index in [1.807, 2.05) is 0 Å². The lowest BCUT2D eigenvalue weighted by Crippen LogP contribution is -2.46. The highest BCUT2D eigenvalue weighted by Crippen LogP contribution is 1.99. The van der Waals surface area contributed by atoms with Crippen LogP contribution in [-0.2, 0) is 11.3 Å². The Bertz CT molecular complexity index is 471. The van der Waals surface area contributed by atoms with E-state index in [2.05, 4.69) is 27.1 Å². The quantitative estimate of drug-likeness (QED) is 0.641. The van der Waals surface area contributed by atoms with Crippen LogP contribution in [0.25, 0.3) is 0 Å². The second-order valence-electron chi connectivity index (χ2n) is 4.06. The SMILES string of the molecule is C=CCC(NC(=O)N(C)Cc1n[nH]c(C)n1)C(=O)O. The Morgan fingerprint density at radius 1 is 1.63 bits per heavy atom. The van der Waals surface area contributed by atoms with Crippen LogP contribution in [0.1, 0.15) is 18.1 Å². The van der Waals surface area contributed by atoms with Gasteiger partial charge in [-0.1, -0.05) is 6.08 Å². The first kappa shape index (κ1) is 14.7. The van der Waals surface area contributed by atoms with Crippen molar-refractivity contribution in [3.8, 4) is 0 Å². The molecule has 104 valence electrons. The van der Waals surface area contributed by atoms with Crippen LogP contribution in [0.5, 0.6) is 0 Å². The van der Waals surface area contributed by atoms with Crippen molar-refractivity contribution < 1.29 is 14.7 Å². The van der Waals surface area contributed by atoms with Crippen molar-refractivity contribution in [2.24, 2.45) is 0 Å². The summed E-state index contributed by atoms with van der Waals surface area (Å²) in [5, 5.41) is 17.9. The fourth-order valence-electron chi connectivity index (χ4n) is 1.39. The van der Waals surface area contributed by atoms with E-state index >= 15 is 0 Å². The number of aryl methyl sites for hydroxylation is 1. The molecule has 3 N–H and O–H groups in total. The number of H-pyrrole nitrogens is 1. The zero-order chi connectivity index (χ0) is 14.4. The van der Waals surface area contributed by atoms with Crippen molar-refractivity contribution in [1.29, 1.82) is 0 Å². The van der Waals surface area contributed by atoms with Gasteiger partial charge in [0.25, 0.3) is 0 Å². The number of hydrogen-bond donors (Lipinski definition) is 3. The fraction of sp³-hybridized carbons (Fsp3) is 0.455. The van der Waals surface area contributed by atoms with Crippen LogP contribution in [-0.4, -0.2) is 50.3 Å². The first-order valence-electron chi connectivity index (χ1n) is 5.67. The molecule has 0 saturated heterocycles. The van der Waals surface area contributed by atoms with Crippen LogP contribution >= 0.6 is 0 Å². The third kappa shape index (κ3) is 4.41. The summed E-state index contributed by atoms with van der Waals surface area (Å²) < 4.78 is 0. The van der Waals surface area contributed by atoms with Crippen molar-refractivity contribution >= 4 is 12.0 Å². The average molecular weight is 267 g/mol. The number of rotatable bonds is 6. The van der Waals surface area contributed by atoms with Crippen molar-refractivity contribution in [2.45, 2.75) is 25.9 Å². The number of urea groups is 1.